The number of aryl methyl sites for hydroxylation is 1. The van der Waals surface area contributed by atoms with Crippen LogP contribution in [0.3, 0.4) is 0 Å². The van der Waals surface area contributed by atoms with Gasteiger partial charge in [0.1, 0.15) is 11.7 Å². The summed E-state index contributed by atoms with van der Waals surface area (Å²) in [6, 6.07) is 1.67. The molecule has 1 amide bonds. The third kappa shape index (κ3) is 3.00. The number of hydrogen-bond acceptors (Lipinski definition) is 4. The van der Waals surface area contributed by atoms with Crippen molar-refractivity contribution in [3.63, 3.8) is 0 Å². The Morgan fingerprint density at radius 1 is 1.56 bits per heavy atom. The van der Waals surface area contributed by atoms with Gasteiger partial charge < -0.3 is 15.8 Å². The van der Waals surface area contributed by atoms with Gasteiger partial charge in [0, 0.05) is 4.47 Å². The first-order valence-corrected chi connectivity index (χ1v) is 6.71. The van der Waals surface area contributed by atoms with Gasteiger partial charge >= 0.3 is 0 Å². The molecule has 0 spiro atoms. The molecule has 5 nitrogen and oxygen atoms in total. The third-order valence-electron chi connectivity index (χ3n) is 2.95. The summed E-state index contributed by atoms with van der Waals surface area (Å²) in [5, 5.41) is 3.26. The van der Waals surface area contributed by atoms with E-state index >= 15 is 0 Å². The number of amides is 1. The SMILES string of the molecule is Cc1nc(OC2CCNCC2)c(C(N)=O)cc1Br. The lowest BCUT2D eigenvalue weighted by Gasteiger charge is -2.24. The number of ether oxygens (including phenoxy) is 1. The van der Waals surface area contributed by atoms with E-state index in [1.165, 1.54) is 0 Å². The van der Waals surface area contributed by atoms with Gasteiger partial charge in [0.2, 0.25) is 5.88 Å². The Hall–Kier alpha value is -1.14. The molecule has 1 aliphatic heterocycles. The first-order chi connectivity index (χ1) is 8.58. The average Bonchev–Trinajstić information content (AvgIpc) is 2.34. The molecule has 2 heterocycles. The number of rotatable bonds is 3. The molecule has 18 heavy (non-hydrogen) atoms. The highest BCUT2D eigenvalue weighted by molar-refractivity contribution is 9.10. The Kier molecular flexibility index (Phi) is 4.19. The predicted octanol–water partition coefficient (Wildman–Crippen LogP) is 1.38. The molecule has 1 saturated heterocycles. The standard InChI is InChI=1S/C12H16BrN3O2/c1-7-10(13)6-9(11(14)17)12(16-7)18-8-2-4-15-5-3-8/h6,8,15H,2-5H2,1H3,(H2,14,17). The van der Waals surface area contributed by atoms with Crippen molar-refractivity contribution in [3.05, 3.63) is 21.8 Å². The number of piperidine rings is 1. The summed E-state index contributed by atoms with van der Waals surface area (Å²) in [5.41, 5.74) is 6.45. The molecular formula is C12H16BrN3O2. The zero-order valence-electron chi connectivity index (χ0n) is 10.2. The van der Waals surface area contributed by atoms with Crippen molar-refractivity contribution in [2.24, 2.45) is 5.73 Å². The summed E-state index contributed by atoms with van der Waals surface area (Å²) in [4.78, 5) is 15.7. The second-order valence-electron chi connectivity index (χ2n) is 4.34. The molecule has 0 radical (unpaired) electrons. The molecule has 1 aromatic heterocycles. The molecule has 0 saturated carbocycles. The van der Waals surface area contributed by atoms with Gasteiger partial charge in [-0.25, -0.2) is 4.98 Å². The highest BCUT2D eigenvalue weighted by Gasteiger charge is 2.20. The number of nitrogens with one attached hydrogen (secondary N) is 1. The van der Waals surface area contributed by atoms with Crippen LogP contribution in [0.1, 0.15) is 28.9 Å². The number of primary amides is 1. The number of halogens is 1. The van der Waals surface area contributed by atoms with Crippen molar-refractivity contribution >= 4 is 21.8 Å². The Morgan fingerprint density at radius 2 is 2.22 bits per heavy atom. The van der Waals surface area contributed by atoms with Crippen LogP contribution in [-0.4, -0.2) is 30.1 Å². The molecule has 3 N–H and O–H groups in total. The lowest BCUT2D eigenvalue weighted by atomic mass is 10.1. The van der Waals surface area contributed by atoms with Crippen molar-refractivity contribution < 1.29 is 9.53 Å². The van der Waals surface area contributed by atoms with E-state index in [0.29, 0.717) is 11.4 Å². The minimum absolute atomic E-state index is 0.0948. The summed E-state index contributed by atoms with van der Waals surface area (Å²) >= 11 is 3.34. The van der Waals surface area contributed by atoms with E-state index in [-0.39, 0.29) is 6.10 Å². The Bertz CT molecular complexity index is 459. The van der Waals surface area contributed by atoms with Crippen LogP contribution in [-0.2, 0) is 0 Å². The van der Waals surface area contributed by atoms with Crippen LogP contribution in [0.15, 0.2) is 10.5 Å². The van der Waals surface area contributed by atoms with Crippen LogP contribution in [0.2, 0.25) is 0 Å². The maximum Gasteiger partial charge on any atom is 0.254 e. The lowest BCUT2D eigenvalue weighted by molar-refractivity contribution is 0.0986. The van der Waals surface area contributed by atoms with E-state index < -0.39 is 5.91 Å². The van der Waals surface area contributed by atoms with E-state index in [0.717, 1.165) is 36.1 Å². The van der Waals surface area contributed by atoms with Gasteiger partial charge in [-0.05, 0) is 54.9 Å². The second-order valence-corrected chi connectivity index (χ2v) is 5.19. The topological polar surface area (TPSA) is 77.2 Å². The Balaban J connectivity index is 2.24. The Morgan fingerprint density at radius 3 is 2.83 bits per heavy atom. The largest absolute Gasteiger partial charge is 0.474 e. The molecule has 1 fully saturated rings. The number of nitrogens with zero attached hydrogens (tertiary/aromatic N) is 1. The van der Waals surface area contributed by atoms with Crippen molar-refractivity contribution in [2.45, 2.75) is 25.9 Å². The van der Waals surface area contributed by atoms with E-state index in [1.54, 1.807) is 6.07 Å². The number of carbonyl (C=O) groups is 1. The summed E-state index contributed by atoms with van der Waals surface area (Å²) in [6.45, 7) is 3.70. The number of hydrogen-bond donors (Lipinski definition) is 2. The minimum Gasteiger partial charge on any atom is -0.474 e. The lowest BCUT2D eigenvalue weighted by Crippen LogP contribution is -2.34. The molecular weight excluding hydrogens is 298 g/mol. The molecule has 0 bridgehead atoms. The number of carbonyl (C=O) groups excluding carboxylic acids is 1. The van der Waals surface area contributed by atoms with Crippen molar-refractivity contribution in [3.8, 4) is 5.88 Å². The summed E-state index contributed by atoms with van der Waals surface area (Å²) in [5.74, 6) is -0.178. The monoisotopic (exact) mass is 313 g/mol. The molecule has 1 aromatic rings. The molecule has 0 aliphatic carbocycles. The van der Waals surface area contributed by atoms with E-state index in [9.17, 15) is 4.79 Å². The van der Waals surface area contributed by atoms with Crippen LogP contribution in [0, 0.1) is 6.92 Å². The average molecular weight is 314 g/mol. The van der Waals surface area contributed by atoms with Gasteiger partial charge in [0.25, 0.3) is 5.91 Å². The fourth-order valence-corrected chi connectivity index (χ4v) is 2.21. The minimum atomic E-state index is -0.521. The summed E-state index contributed by atoms with van der Waals surface area (Å²) in [7, 11) is 0. The van der Waals surface area contributed by atoms with E-state index in [4.69, 9.17) is 10.5 Å². The molecule has 98 valence electrons. The maximum absolute atomic E-state index is 11.4. The van der Waals surface area contributed by atoms with Gasteiger partial charge in [0.15, 0.2) is 0 Å². The fourth-order valence-electron chi connectivity index (χ4n) is 1.90. The highest BCUT2D eigenvalue weighted by atomic mass is 79.9. The first kappa shape index (κ1) is 13.3. The molecule has 6 heteroatoms. The van der Waals surface area contributed by atoms with Gasteiger partial charge in [-0.15, -0.1) is 0 Å². The molecule has 1 aliphatic rings. The quantitative estimate of drug-likeness (QED) is 0.884. The normalized spacial score (nSPS) is 16.6. The Labute approximate surface area is 114 Å². The zero-order valence-corrected chi connectivity index (χ0v) is 11.8. The van der Waals surface area contributed by atoms with Gasteiger partial charge in [-0.3, -0.25) is 4.79 Å². The van der Waals surface area contributed by atoms with Crippen LogP contribution < -0.4 is 15.8 Å². The third-order valence-corrected chi connectivity index (χ3v) is 3.75. The van der Waals surface area contributed by atoms with Crippen molar-refractivity contribution in [2.75, 3.05) is 13.1 Å². The number of pyridine rings is 1. The van der Waals surface area contributed by atoms with Gasteiger partial charge in [-0.2, -0.15) is 0 Å². The van der Waals surface area contributed by atoms with Gasteiger partial charge in [0.05, 0.1) is 5.69 Å². The maximum atomic E-state index is 11.4. The molecule has 0 atom stereocenters. The van der Waals surface area contributed by atoms with Crippen molar-refractivity contribution in [1.29, 1.82) is 0 Å². The highest BCUT2D eigenvalue weighted by Crippen LogP contribution is 2.25. The van der Waals surface area contributed by atoms with E-state index in [2.05, 4.69) is 26.2 Å². The molecule has 2 rings (SSSR count). The van der Waals surface area contributed by atoms with Crippen molar-refractivity contribution in [1.82, 2.24) is 10.3 Å². The first-order valence-electron chi connectivity index (χ1n) is 5.92. The van der Waals surface area contributed by atoms with Crippen LogP contribution in [0.25, 0.3) is 0 Å². The summed E-state index contributed by atoms with van der Waals surface area (Å²) < 4.78 is 6.57. The zero-order chi connectivity index (χ0) is 13.1. The predicted molar refractivity (Wildman–Crippen MR) is 71.7 cm³/mol. The fraction of sp³-hybridized carbons (Fsp3) is 0.500. The van der Waals surface area contributed by atoms with E-state index in [1.807, 2.05) is 6.92 Å². The molecule has 0 aromatic carbocycles. The molecule has 0 unspecified atom stereocenters. The number of aromatic nitrogens is 1. The van der Waals surface area contributed by atoms with Gasteiger partial charge in [-0.1, -0.05) is 0 Å². The smallest absolute Gasteiger partial charge is 0.254 e. The van der Waals surface area contributed by atoms with Crippen LogP contribution in [0.5, 0.6) is 5.88 Å². The summed E-state index contributed by atoms with van der Waals surface area (Å²) in [6.07, 6.45) is 1.92. The van der Waals surface area contributed by atoms with Crippen LogP contribution >= 0.6 is 15.9 Å². The second kappa shape index (κ2) is 5.67. The number of nitrogens with two attached hydrogens (primary N) is 1. The van der Waals surface area contributed by atoms with Crippen LogP contribution in [0.4, 0.5) is 0 Å².